The highest BCUT2D eigenvalue weighted by molar-refractivity contribution is 7.88. The SMILES string of the molecule is CCCCOc1ccc(CN2CC(=O)NS2(=O)=O)cc1. The molecule has 7 heteroatoms. The second-order valence-corrected chi connectivity index (χ2v) is 6.31. The maximum atomic E-state index is 11.6. The summed E-state index contributed by atoms with van der Waals surface area (Å²) in [4.78, 5) is 11.1. The first kappa shape index (κ1) is 14.8. The van der Waals surface area contributed by atoms with Gasteiger partial charge in [0.05, 0.1) is 13.2 Å². The van der Waals surface area contributed by atoms with E-state index in [1.807, 2.05) is 16.9 Å². The second-order valence-electron chi connectivity index (χ2n) is 4.64. The van der Waals surface area contributed by atoms with Crippen LogP contribution in [0.2, 0.25) is 0 Å². The molecule has 1 aromatic carbocycles. The van der Waals surface area contributed by atoms with Gasteiger partial charge >= 0.3 is 10.2 Å². The Balaban J connectivity index is 1.95. The minimum absolute atomic E-state index is 0.128. The summed E-state index contributed by atoms with van der Waals surface area (Å²) in [5.74, 6) is 0.269. The number of unbranched alkanes of at least 4 members (excludes halogenated alkanes) is 1. The fourth-order valence-electron chi connectivity index (χ4n) is 1.86. The minimum Gasteiger partial charge on any atom is -0.494 e. The van der Waals surface area contributed by atoms with E-state index < -0.39 is 16.1 Å². The molecule has 0 aromatic heterocycles. The lowest BCUT2D eigenvalue weighted by Gasteiger charge is -2.12. The van der Waals surface area contributed by atoms with Crippen molar-refractivity contribution in [3.05, 3.63) is 29.8 Å². The van der Waals surface area contributed by atoms with Crippen molar-refractivity contribution in [2.45, 2.75) is 26.3 Å². The van der Waals surface area contributed by atoms with Gasteiger partial charge in [-0.2, -0.15) is 12.7 Å². The Morgan fingerprint density at radius 1 is 1.30 bits per heavy atom. The van der Waals surface area contributed by atoms with Crippen molar-refractivity contribution in [3.8, 4) is 5.75 Å². The standard InChI is InChI=1S/C13H18N2O4S/c1-2-3-8-19-12-6-4-11(5-7-12)9-15-10-13(16)14-20(15,17)18/h4-7H,2-3,8-10H2,1H3,(H,14,16). The number of carbonyl (C=O) groups is 1. The lowest BCUT2D eigenvalue weighted by Crippen LogP contribution is -2.29. The van der Waals surface area contributed by atoms with Crippen molar-refractivity contribution in [3.63, 3.8) is 0 Å². The molecule has 20 heavy (non-hydrogen) atoms. The van der Waals surface area contributed by atoms with Crippen LogP contribution in [0, 0.1) is 0 Å². The third-order valence-electron chi connectivity index (χ3n) is 2.95. The van der Waals surface area contributed by atoms with Gasteiger partial charge in [-0.05, 0) is 24.1 Å². The Hall–Kier alpha value is -1.60. The van der Waals surface area contributed by atoms with Gasteiger partial charge in [-0.25, -0.2) is 4.72 Å². The molecule has 1 aromatic rings. The first-order valence-corrected chi connectivity index (χ1v) is 7.98. The fourth-order valence-corrected chi connectivity index (χ4v) is 2.94. The van der Waals surface area contributed by atoms with Crippen LogP contribution in [0.3, 0.4) is 0 Å². The molecular formula is C13H18N2O4S. The molecule has 110 valence electrons. The Morgan fingerprint density at radius 2 is 2.00 bits per heavy atom. The summed E-state index contributed by atoms with van der Waals surface area (Å²) >= 11 is 0. The average Bonchev–Trinajstić information content (AvgIpc) is 2.64. The van der Waals surface area contributed by atoms with Crippen molar-refractivity contribution in [1.29, 1.82) is 0 Å². The number of nitrogens with zero attached hydrogens (tertiary/aromatic N) is 1. The number of hydrogen-bond donors (Lipinski definition) is 1. The third kappa shape index (κ3) is 3.71. The molecule has 0 bridgehead atoms. The quantitative estimate of drug-likeness (QED) is 0.796. The van der Waals surface area contributed by atoms with Crippen LogP contribution in [-0.2, 0) is 21.5 Å². The van der Waals surface area contributed by atoms with Gasteiger partial charge in [0.25, 0.3) is 0 Å². The first-order valence-electron chi connectivity index (χ1n) is 6.53. The van der Waals surface area contributed by atoms with Crippen molar-refractivity contribution in [2.75, 3.05) is 13.2 Å². The molecular weight excluding hydrogens is 280 g/mol. The third-order valence-corrected chi connectivity index (χ3v) is 4.38. The number of hydrogen-bond acceptors (Lipinski definition) is 4. The Bertz CT molecular complexity index is 569. The van der Waals surface area contributed by atoms with Crippen molar-refractivity contribution in [2.24, 2.45) is 0 Å². The number of nitrogens with one attached hydrogen (secondary N) is 1. The van der Waals surface area contributed by atoms with Crippen LogP contribution in [0.15, 0.2) is 24.3 Å². The van der Waals surface area contributed by atoms with E-state index in [1.54, 1.807) is 12.1 Å². The summed E-state index contributed by atoms with van der Waals surface area (Å²) in [6.07, 6.45) is 2.08. The Labute approximate surface area is 118 Å². The van der Waals surface area contributed by atoms with E-state index in [1.165, 1.54) is 0 Å². The lowest BCUT2D eigenvalue weighted by atomic mass is 10.2. The summed E-state index contributed by atoms with van der Waals surface area (Å²) in [5.41, 5.74) is 0.813. The molecule has 1 heterocycles. The van der Waals surface area contributed by atoms with Gasteiger partial charge < -0.3 is 4.74 Å². The van der Waals surface area contributed by atoms with Crippen LogP contribution in [0.4, 0.5) is 0 Å². The summed E-state index contributed by atoms with van der Waals surface area (Å²) in [6.45, 7) is 2.82. The van der Waals surface area contributed by atoms with E-state index in [-0.39, 0.29) is 13.1 Å². The normalized spacial score (nSPS) is 17.9. The molecule has 1 N–H and O–H groups in total. The van der Waals surface area contributed by atoms with Gasteiger partial charge in [-0.3, -0.25) is 4.79 Å². The predicted octanol–water partition coefficient (Wildman–Crippen LogP) is 1.04. The van der Waals surface area contributed by atoms with E-state index >= 15 is 0 Å². The van der Waals surface area contributed by atoms with Gasteiger partial charge in [-0.1, -0.05) is 25.5 Å². The van der Waals surface area contributed by atoms with E-state index in [9.17, 15) is 13.2 Å². The largest absolute Gasteiger partial charge is 0.494 e. The van der Waals surface area contributed by atoms with Crippen LogP contribution in [0.25, 0.3) is 0 Å². The number of rotatable bonds is 6. The zero-order valence-electron chi connectivity index (χ0n) is 11.3. The lowest BCUT2D eigenvalue weighted by molar-refractivity contribution is -0.118. The number of benzene rings is 1. The number of amides is 1. The van der Waals surface area contributed by atoms with E-state index in [2.05, 4.69) is 6.92 Å². The molecule has 0 unspecified atom stereocenters. The van der Waals surface area contributed by atoms with Crippen molar-refractivity contribution < 1.29 is 17.9 Å². The highest BCUT2D eigenvalue weighted by atomic mass is 32.2. The number of ether oxygens (including phenoxy) is 1. The van der Waals surface area contributed by atoms with Gasteiger partial charge in [0.1, 0.15) is 5.75 Å². The molecule has 0 spiro atoms. The van der Waals surface area contributed by atoms with Crippen LogP contribution in [0.1, 0.15) is 25.3 Å². The molecule has 6 nitrogen and oxygen atoms in total. The smallest absolute Gasteiger partial charge is 0.304 e. The first-order chi connectivity index (χ1) is 9.51. The van der Waals surface area contributed by atoms with Crippen LogP contribution in [-0.4, -0.2) is 31.8 Å². The molecule has 1 amide bonds. The molecule has 0 radical (unpaired) electrons. The van der Waals surface area contributed by atoms with Gasteiger partial charge in [0.15, 0.2) is 0 Å². The highest BCUT2D eigenvalue weighted by Crippen LogP contribution is 2.16. The van der Waals surface area contributed by atoms with Gasteiger partial charge in [0.2, 0.25) is 5.91 Å². The maximum Gasteiger partial charge on any atom is 0.304 e. The average molecular weight is 298 g/mol. The topological polar surface area (TPSA) is 75.7 Å². The van der Waals surface area contributed by atoms with Crippen molar-refractivity contribution >= 4 is 16.1 Å². The summed E-state index contributed by atoms with van der Waals surface area (Å²) < 4.78 is 31.8. The molecule has 0 saturated carbocycles. The molecule has 0 aliphatic carbocycles. The van der Waals surface area contributed by atoms with Crippen LogP contribution >= 0.6 is 0 Å². The molecule has 1 aliphatic heterocycles. The van der Waals surface area contributed by atoms with Crippen LogP contribution < -0.4 is 9.46 Å². The van der Waals surface area contributed by atoms with Crippen LogP contribution in [0.5, 0.6) is 5.75 Å². The summed E-state index contributed by atoms with van der Waals surface area (Å²) in [6, 6.07) is 7.23. The molecule has 1 saturated heterocycles. The molecule has 1 fully saturated rings. The minimum atomic E-state index is -3.66. The van der Waals surface area contributed by atoms with Crippen molar-refractivity contribution in [1.82, 2.24) is 9.03 Å². The second kappa shape index (κ2) is 6.23. The molecule has 2 rings (SSSR count). The molecule has 0 atom stereocenters. The maximum absolute atomic E-state index is 11.6. The van der Waals surface area contributed by atoms with Gasteiger partial charge in [0, 0.05) is 6.54 Å². The van der Waals surface area contributed by atoms with E-state index in [0.29, 0.717) is 6.61 Å². The predicted molar refractivity (Wildman–Crippen MR) is 74.3 cm³/mol. The Kier molecular flexibility index (Phi) is 4.61. The Morgan fingerprint density at radius 3 is 2.55 bits per heavy atom. The summed E-state index contributed by atoms with van der Waals surface area (Å²) in [7, 11) is -3.66. The number of carbonyl (C=O) groups excluding carboxylic acids is 1. The zero-order chi connectivity index (χ0) is 14.6. The molecule has 1 aliphatic rings. The highest BCUT2D eigenvalue weighted by Gasteiger charge is 2.33. The monoisotopic (exact) mass is 298 g/mol. The summed E-state index contributed by atoms with van der Waals surface area (Å²) in [5, 5.41) is 0. The van der Waals surface area contributed by atoms with Gasteiger partial charge in [-0.15, -0.1) is 0 Å². The van der Waals surface area contributed by atoms with E-state index in [0.717, 1.165) is 28.5 Å². The fraction of sp³-hybridized carbons (Fsp3) is 0.462. The zero-order valence-corrected chi connectivity index (χ0v) is 12.1. The van der Waals surface area contributed by atoms with E-state index in [4.69, 9.17) is 4.74 Å².